The Balaban J connectivity index is 2.28. The first-order valence-corrected chi connectivity index (χ1v) is 6.06. The standard InChI is InChI=1S/C16H18O3/c1-2-3-11-18-13-15-6-8-16(9-7-15)14-19-12-5-4-10-17/h6-9,17H,10-14H2,1H3. The molecular formula is C16H18O3. The Morgan fingerprint density at radius 3 is 1.89 bits per heavy atom. The van der Waals surface area contributed by atoms with E-state index in [0.717, 1.165) is 11.1 Å². The number of benzene rings is 1. The second-order valence-electron chi connectivity index (χ2n) is 3.74. The fraction of sp³-hybridized carbons (Fsp3) is 0.375. The van der Waals surface area contributed by atoms with E-state index in [-0.39, 0.29) is 6.61 Å². The van der Waals surface area contributed by atoms with Crippen molar-refractivity contribution in [1.82, 2.24) is 0 Å². The summed E-state index contributed by atoms with van der Waals surface area (Å²) >= 11 is 0. The average Bonchev–Trinajstić information content (AvgIpc) is 2.45. The maximum Gasteiger partial charge on any atom is 0.108 e. The Labute approximate surface area is 114 Å². The van der Waals surface area contributed by atoms with Crippen LogP contribution < -0.4 is 0 Å². The summed E-state index contributed by atoms with van der Waals surface area (Å²) in [4.78, 5) is 0. The van der Waals surface area contributed by atoms with Crippen molar-refractivity contribution in [3.63, 3.8) is 0 Å². The number of aliphatic hydroxyl groups is 1. The zero-order valence-corrected chi connectivity index (χ0v) is 11.1. The van der Waals surface area contributed by atoms with Crippen LogP contribution in [0.4, 0.5) is 0 Å². The van der Waals surface area contributed by atoms with Crippen molar-refractivity contribution in [3.8, 4) is 23.7 Å². The lowest BCUT2D eigenvalue weighted by Gasteiger charge is -2.04. The van der Waals surface area contributed by atoms with Gasteiger partial charge in [-0.15, -0.1) is 5.92 Å². The first kappa shape index (κ1) is 15.3. The highest BCUT2D eigenvalue weighted by Crippen LogP contribution is 2.06. The lowest BCUT2D eigenvalue weighted by Crippen LogP contribution is -1.96. The van der Waals surface area contributed by atoms with Crippen LogP contribution in [0.3, 0.4) is 0 Å². The number of aliphatic hydroxyl groups excluding tert-OH is 1. The first-order chi connectivity index (χ1) is 9.36. The summed E-state index contributed by atoms with van der Waals surface area (Å²) in [5.74, 6) is 10.9. The van der Waals surface area contributed by atoms with Crippen molar-refractivity contribution in [3.05, 3.63) is 35.4 Å². The lowest BCUT2D eigenvalue weighted by molar-refractivity contribution is 0.151. The van der Waals surface area contributed by atoms with Gasteiger partial charge in [0.1, 0.15) is 19.8 Å². The van der Waals surface area contributed by atoms with E-state index in [2.05, 4.69) is 23.7 Å². The Morgan fingerprint density at radius 1 is 0.895 bits per heavy atom. The fourth-order valence-electron chi connectivity index (χ4n) is 1.35. The van der Waals surface area contributed by atoms with Gasteiger partial charge in [-0.2, -0.15) is 0 Å². The van der Waals surface area contributed by atoms with Gasteiger partial charge in [0, 0.05) is 0 Å². The molecule has 0 fully saturated rings. The first-order valence-electron chi connectivity index (χ1n) is 6.06. The van der Waals surface area contributed by atoms with E-state index >= 15 is 0 Å². The molecule has 0 saturated heterocycles. The van der Waals surface area contributed by atoms with Gasteiger partial charge in [-0.1, -0.05) is 42.0 Å². The molecule has 0 radical (unpaired) electrons. The van der Waals surface area contributed by atoms with Crippen LogP contribution in [0.15, 0.2) is 24.3 Å². The fourth-order valence-corrected chi connectivity index (χ4v) is 1.35. The van der Waals surface area contributed by atoms with Gasteiger partial charge in [0.05, 0.1) is 13.2 Å². The molecule has 0 heterocycles. The van der Waals surface area contributed by atoms with E-state index in [4.69, 9.17) is 14.6 Å². The highest BCUT2D eigenvalue weighted by Gasteiger charge is 1.95. The smallest absolute Gasteiger partial charge is 0.108 e. The molecule has 100 valence electrons. The molecule has 0 spiro atoms. The van der Waals surface area contributed by atoms with Gasteiger partial charge in [0.15, 0.2) is 0 Å². The molecule has 19 heavy (non-hydrogen) atoms. The summed E-state index contributed by atoms with van der Waals surface area (Å²) in [6.45, 7) is 3.55. The van der Waals surface area contributed by atoms with Crippen LogP contribution in [-0.4, -0.2) is 24.9 Å². The molecule has 3 heteroatoms. The normalized spacial score (nSPS) is 9.16. The Bertz CT molecular complexity index is 469. The van der Waals surface area contributed by atoms with Gasteiger partial charge in [0.2, 0.25) is 0 Å². The third-order valence-corrected chi connectivity index (χ3v) is 2.29. The summed E-state index contributed by atoms with van der Waals surface area (Å²) in [6, 6.07) is 8.03. The summed E-state index contributed by atoms with van der Waals surface area (Å²) in [6.07, 6.45) is 0. The summed E-state index contributed by atoms with van der Waals surface area (Å²) in [5, 5.41) is 8.47. The van der Waals surface area contributed by atoms with E-state index in [9.17, 15) is 0 Å². The Kier molecular flexibility index (Phi) is 8.18. The molecule has 0 aliphatic carbocycles. The number of hydrogen-bond acceptors (Lipinski definition) is 3. The SMILES string of the molecule is CC#CCOCc1ccc(COCC#CCO)cc1. The van der Waals surface area contributed by atoms with Gasteiger partial charge in [-0.3, -0.25) is 0 Å². The van der Waals surface area contributed by atoms with E-state index in [1.165, 1.54) is 0 Å². The maximum absolute atomic E-state index is 8.47. The van der Waals surface area contributed by atoms with Gasteiger partial charge in [0.25, 0.3) is 0 Å². The van der Waals surface area contributed by atoms with Crippen LogP contribution in [-0.2, 0) is 22.7 Å². The Hall–Kier alpha value is -1.78. The van der Waals surface area contributed by atoms with Gasteiger partial charge < -0.3 is 14.6 Å². The summed E-state index contributed by atoms with van der Waals surface area (Å²) in [5.41, 5.74) is 2.20. The third kappa shape index (κ3) is 7.28. The molecule has 1 aromatic carbocycles. The van der Waals surface area contributed by atoms with E-state index in [1.807, 2.05) is 24.3 Å². The van der Waals surface area contributed by atoms with Crippen LogP contribution >= 0.6 is 0 Å². The summed E-state index contributed by atoms with van der Waals surface area (Å²) < 4.78 is 10.7. The lowest BCUT2D eigenvalue weighted by atomic mass is 10.1. The molecule has 0 saturated carbocycles. The largest absolute Gasteiger partial charge is 0.384 e. The molecular weight excluding hydrogens is 240 g/mol. The second-order valence-corrected chi connectivity index (χ2v) is 3.74. The highest BCUT2D eigenvalue weighted by atomic mass is 16.5. The highest BCUT2D eigenvalue weighted by molar-refractivity contribution is 5.21. The minimum Gasteiger partial charge on any atom is -0.384 e. The molecule has 0 aliphatic rings. The molecule has 0 amide bonds. The molecule has 0 atom stereocenters. The van der Waals surface area contributed by atoms with E-state index in [1.54, 1.807) is 6.92 Å². The average molecular weight is 258 g/mol. The predicted octanol–water partition coefficient (Wildman–Crippen LogP) is 1.74. The molecule has 1 rings (SSSR count). The van der Waals surface area contributed by atoms with Crippen molar-refractivity contribution in [2.45, 2.75) is 20.1 Å². The van der Waals surface area contributed by atoms with Crippen molar-refractivity contribution in [1.29, 1.82) is 0 Å². The number of rotatable bonds is 6. The van der Waals surface area contributed by atoms with Crippen LogP contribution in [0.5, 0.6) is 0 Å². The van der Waals surface area contributed by atoms with Crippen LogP contribution in [0.1, 0.15) is 18.1 Å². The third-order valence-electron chi connectivity index (χ3n) is 2.29. The molecule has 0 aliphatic heterocycles. The van der Waals surface area contributed by atoms with Crippen molar-refractivity contribution < 1.29 is 14.6 Å². The topological polar surface area (TPSA) is 38.7 Å². The van der Waals surface area contributed by atoms with Crippen molar-refractivity contribution >= 4 is 0 Å². The van der Waals surface area contributed by atoms with Gasteiger partial charge in [-0.25, -0.2) is 0 Å². The van der Waals surface area contributed by atoms with Gasteiger partial charge >= 0.3 is 0 Å². The molecule has 0 bridgehead atoms. The molecule has 0 unspecified atom stereocenters. The van der Waals surface area contributed by atoms with E-state index in [0.29, 0.717) is 26.4 Å². The predicted molar refractivity (Wildman–Crippen MR) is 74.1 cm³/mol. The number of ether oxygens (including phenoxy) is 2. The monoisotopic (exact) mass is 258 g/mol. The van der Waals surface area contributed by atoms with Gasteiger partial charge in [-0.05, 0) is 18.1 Å². The minimum absolute atomic E-state index is 0.125. The quantitative estimate of drug-likeness (QED) is 0.624. The van der Waals surface area contributed by atoms with Crippen molar-refractivity contribution in [2.75, 3.05) is 19.8 Å². The summed E-state index contributed by atoms with van der Waals surface area (Å²) in [7, 11) is 0. The maximum atomic E-state index is 8.47. The zero-order chi connectivity index (χ0) is 13.8. The Morgan fingerprint density at radius 2 is 1.42 bits per heavy atom. The molecule has 0 aromatic heterocycles. The van der Waals surface area contributed by atoms with Crippen LogP contribution in [0.2, 0.25) is 0 Å². The van der Waals surface area contributed by atoms with E-state index < -0.39 is 0 Å². The molecule has 3 nitrogen and oxygen atoms in total. The zero-order valence-electron chi connectivity index (χ0n) is 11.1. The van der Waals surface area contributed by atoms with Crippen LogP contribution in [0.25, 0.3) is 0 Å². The van der Waals surface area contributed by atoms with Crippen molar-refractivity contribution in [2.24, 2.45) is 0 Å². The van der Waals surface area contributed by atoms with Crippen LogP contribution in [0, 0.1) is 23.7 Å². The molecule has 1 N–H and O–H groups in total. The second kappa shape index (κ2) is 10.2. The molecule has 1 aromatic rings. The number of hydrogen-bond donors (Lipinski definition) is 1. The minimum atomic E-state index is -0.125.